The number of rotatable bonds is 7. The zero-order chi connectivity index (χ0) is 27.5. The maximum absolute atomic E-state index is 13.3. The number of carbonyl (C=O) groups is 1. The molecule has 2 aromatic carbocycles. The molecule has 4 fully saturated rings. The second kappa shape index (κ2) is 9.49. The van der Waals surface area contributed by atoms with E-state index in [1.54, 1.807) is 10.7 Å². The van der Waals surface area contributed by atoms with Gasteiger partial charge in [0.2, 0.25) is 5.69 Å². The number of aromatic nitrogens is 2. The molecule has 4 bridgehead atoms. The van der Waals surface area contributed by atoms with E-state index < -0.39 is 21.4 Å². The second-order valence-electron chi connectivity index (χ2n) is 10.8. The van der Waals surface area contributed by atoms with Crippen LogP contribution in [-0.2, 0) is 5.54 Å². The van der Waals surface area contributed by atoms with Crippen molar-refractivity contribution < 1.29 is 19.4 Å². The van der Waals surface area contributed by atoms with E-state index in [0.29, 0.717) is 22.8 Å². The standard InChI is InChI=1S/C26H23Cl2N5O6/c27-17-1-2-23(21(28)6-17)39-20-8-18(7-19(9-20)32(35)36)29-25(34)24-22(33(37)38)13-31(30-24)26-10-14-3-15(11-26)5-16(4-14)12-26/h1-2,6-9,13-16H,3-5,10-12H2,(H,29,34). The lowest BCUT2D eigenvalue weighted by molar-refractivity contribution is -0.385. The van der Waals surface area contributed by atoms with E-state index in [-0.39, 0.29) is 39.1 Å². The van der Waals surface area contributed by atoms with Crippen LogP contribution in [0.15, 0.2) is 42.6 Å². The highest BCUT2D eigenvalue weighted by Gasteiger charge is 2.53. The Balaban J connectivity index is 1.30. The van der Waals surface area contributed by atoms with Crippen LogP contribution >= 0.6 is 23.2 Å². The fourth-order valence-corrected chi connectivity index (χ4v) is 7.39. The minimum absolute atomic E-state index is 0.00735. The Morgan fingerprint density at radius 2 is 1.67 bits per heavy atom. The minimum atomic E-state index is -0.846. The van der Waals surface area contributed by atoms with Crippen molar-refractivity contribution in [2.75, 3.05) is 5.32 Å². The number of amides is 1. The van der Waals surface area contributed by atoms with E-state index >= 15 is 0 Å². The highest BCUT2D eigenvalue weighted by atomic mass is 35.5. The molecular formula is C26H23Cl2N5O6. The van der Waals surface area contributed by atoms with Gasteiger partial charge in [0.15, 0.2) is 0 Å². The Morgan fingerprint density at radius 1 is 1.00 bits per heavy atom. The van der Waals surface area contributed by atoms with Crippen molar-refractivity contribution in [3.63, 3.8) is 0 Å². The molecule has 0 radical (unpaired) electrons. The lowest BCUT2D eigenvalue weighted by Crippen LogP contribution is -2.52. The van der Waals surface area contributed by atoms with E-state index in [4.69, 9.17) is 27.9 Å². The summed E-state index contributed by atoms with van der Waals surface area (Å²) in [4.78, 5) is 35.5. The molecule has 1 amide bonds. The Bertz CT molecular complexity index is 1490. The van der Waals surface area contributed by atoms with Gasteiger partial charge in [-0.3, -0.25) is 29.7 Å². The smallest absolute Gasteiger partial charge is 0.320 e. The molecule has 0 atom stereocenters. The van der Waals surface area contributed by atoms with Gasteiger partial charge in [0.1, 0.15) is 17.7 Å². The average molecular weight is 572 g/mol. The molecule has 0 spiro atoms. The predicted octanol–water partition coefficient (Wildman–Crippen LogP) is 6.98. The molecule has 1 N–H and O–H groups in total. The summed E-state index contributed by atoms with van der Waals surface area (Å²) in [7, 11) is 0. The monoisotopic (exact) mass is 571 g/mol. The van der Waals surface area contributed by atoms with Gasteiger partial charge in [-0.2, -0.15) is 5.10 Å². The lowest BCUT2D eigenvalue weighted by Gasteiger charge is -2.56. The Morgan fingerprint density at radius 3 is 2.26 bits per heavy atom. The molecule has 4 aliphatic rings. The van der Waals surface area contributed by atoms with Gasteiger partial charge in [-0.15, -0.1) is 0 Å². The number of nitro groups is 2. The van der Waals surface area contributed by atoms with Crippen LogP contribution in [0.4, 0.5) is 17.1 Å². The second-order valence-corrected chi connectivity index (χ2v) is 11.7. The van der Waals surface area contributed by atoms with Crippen molar-refractivity contribution in [1.82, 2.24) is 9.78 Å². The average Bonchev–Trinajstić information content (AvgIpc) is 3.32. The number of nitrogens with one attached hydrogen (secondary N) is 1. The summed E-state index contributed by atoms with van der Waals surface area (Å²) >= 11 is 12.1. The highest BCUT2D eigenvalue weighted by Crippen LogP contribution is 2.58. The molecule has 4 aliphatic carbocycles. The Hall–Kier alpha value is -3.70. The Labute approximate surface area is 232 Å². The first-order chi connectivity index (χ1) is 18.6. The van der Waals surface area contributed by atoms with Gasteiger partial charge in [-0.25, -0.2) is 0 Å². The van der Waals surface area contributed by atoms with Crippen LogP contribution in [0.25, 0.3) is 0 Å². The fourth-order valence-electron chi connectivity index (χ4n) is 6.94. The molecule has 1 heterocycles. The van der Waals surface area contributed by atoms with E-state index in [1.807, 2.05) is 0 Å². The third-order valence-electron chi connectivity index (χ3n) is 8.08. The van der Waals surface area contributed by atoms with Crippen molar-refractivity contribution in [3.05, 3.63) is 78.6 Å². The zero-order valence-electron chi connectivity index (χ0n) is 20.5. The van der Waals surface area contributed by atoms with Crippen molar-refractivity contribution in [2.24, 2.45) is 17.8 Å². The van der Waals surface area contributed by atoms with Crippen molar-refractivity contribution in [1.29, 1.82) is 0 Å². The number of anilines is 1. The first-order valence-electron chi connectivity index (χ1n) is 12.6. The number of carbonyl (C=O) groups excluding carboxylic acids is 1. The quantitative estimate of drug-likeness (QED) is 0.238. The van der Waals surface area contributed by atoms with E-state index in [2.05, 4.69) is 10.4 Å². The summed E-state index contributed by atoms with van der Waals surface area (Å²) in [5, 5.41) is 31.0. The van der Waals surface area contributed by atoms with E-state index in [1.165, 1.54) is 49.7 Å². The third-order valence-corrected chi connectivity index (χ3v) is 8.61. The summed E-state index contributed by atoms with van der Waals surface area (Å²) in [5.41, 5.74) is -1.42. The summed E-state index contributed by atoms with van der Waals surface area (Å²) in [6.45, 7) is 0. The molecule has 7 rings (SSSR count). The number of nitro benzene ring substituents is 1. The minimum Gasteiger partial charge on any atom is -0.455 e. The number of hydrogen-bond donors (Lipinski definition) is 1. The predicted molar refractivity (Wildman–Crippen MR) is 143 cm³/mol. The van der Waals surface area contributed by atoms with E-state index in [0.717, 1.165) is 25.3 Å². The molecular weight excluding hydrogens is 549 g/mol. The maximum atomic E-state index is 13.3. The molecule has 1 aromatic heterocycles. The van der Waals surface area contributed by atoms with Gasteiger partial charge in [-0.1, -0.05) is 23.2 Å². The van der Waals surface area contributed by atoms with Crippen LogP contribution < -0.4 is 10.1 Å². The number of halogens is 2. The first-order valence-corrected chi connectivity index (χ1v) is 13.3. The van der Waals surface area contributed by atoms with Gasteiger partial charge in [0, 0.05) is 17.2 Å². The summed E-state index contributed by atoms with van der Waals surface area (Å²) in [6.07, 6.45) is 7.64. The molecule has 13 heteroatoms. The Kier molecular flexibility index (Phi) is 6.22. The third kappa shape index (κ3) is 4.80. The zero-order valence-corrected chi connectivity index (χ0v) is 22.0. The van der Waals surface area contributed by atoms with Crippen LogP contribution in [0, 0.1) is 38.0 Å². The number of nitrogens with zero attached hydrogens (tertiary/aromatic N) is 4. The van der Waals surface area contributed by atoms with E-state index in [9.17, 15) is 25.0 Å². The largest absolute Gasteiger partial charge is 0.455 e. The van der Waals surface area contributed by atoms with Crippen LogP contribution in [-0.4, -0.2) is 25.5 Å². The molecule has 4 saturated carbocycles. The van der Waals surface area contributed by atoms with Gasteiger partial charge in [0.25, 0.3) is 11.6 Å². The van der Waals surface area contributed by atoms with Crippen LogP contribution in [0.5, 0.6) is 11.5 Å². The fraction of sp³-hybridized carbons (Fsp3) is 0.385. The topological polar surface area (TPSA) is 142 Å². The van der Waals surface area contributed by atoms with Crippen LogP contribution in [0.1, 0.15) is 49.0 Å². The van der Waals surface area contributed by atoms with Crippen molar-refractivity contribution in [3.8, 4) is 11.5 Å². The normalized spacial score (nSPS) is 24.9. The van der Waals surface area contributed by atoms with Crippen LogP contribution in [0.3, 0.4) is 0 Å². The highest BCUT2D eigenvalue weighted by molar-refractivity contribution is 6.35. The SMILES string of the molecule is O=C(Nc1cc(Oc2ccc(Cl)cc2Cl)cc([N+](=O)[O-])c1)c1nn(C23CC4CC(CC(C4)C2)C3)cc1[N+](=O)[O-]. The molecule has 39 heavy (non-hydrogen) atoms. The molecule has 11 nitrogen and oxygen atoms in total. The number of non-ortho nitro benzene ring substituents is 1. The van der Waals surface area contributed by atoms with Crippen LogP contribution in [0.2, 0.25) is 10.0 Å². The number of benzene rings is 2. The molecule has 202 valence electrons. The van der Waals surface area contributed by atoms with Gasteiger partial charge in [0.05, 0.1) is 32.2 Å². The summed E-state index contributed by atoms with van der Waals surface area (Å²) < 4.78 is 7.36. The summed E-state index contributed by atoms with van der Waals surface area (Å²) in [6, 6.07) is 8.17. The molecule has 3 aromatic rings. The molecule has 0 saturated heterocycles. The van der Waals surface area contributed by atoms with Gasteiger partial charge >= 0.3 is 5.69 Å². The molecule has 0 aliphatic heterocycles. The first kappa shape index (κ1) is 25.6. The van der Waals surface area contributed by atoms with Gasteiger partial charge in [-0.05, 0) is 74.5 Å². The maximum Gasteiger partial charge on any atom is 0.320 e. The summed E-state index contributed by atoms with van der Waals surface area (Å²) in [5.74, 6) is 1.11. The van der Waals surface area contributed by atoms with Crippen molar-refractivity contribution in [2.45, 2.75) is 44.1 Å². The van der Waals surface area contributed by atoms with Crippen molar-refractivity contribution >= 4 is 46.2 Å². The van der Waals surface area contributed by atoms with Gasteiger partial charge < -0.3 is 10.1 Å². The molecule has 0 unspecified atom stereocenters. The lowest BCUT2D eigenvalue weighted by atomic mass is 9.53. The number of hydrogen-bond acceptors (Lipinski definition) is 7. The number of ether oxygens (including phenoxy) is 1.